The average Bonchev–Trinajstić information content (AvgIpc) is 2.63. The third-order valence-corrected chi connectivity index (χ3v) is 5.16. The number of piperazine rings is 1. The fraction of sp³-hybridized carbons (Fsp3) is 0.421. The molecule has 2 aromatic rings. The summed E-state index contributed by atoms with van der Waals surface area (Å²) in [5.74, 6) is 2.55. The molecule has 5 nitrogen and oxygen atoms in total. The zero-order valence-electron chi connectivity index (χ0n) is 15.0. The molecule has 0 spiro atoms. The maximum absolute atomic E-state index is 5.34. The van der Waals surface area contributed by atoms with Crippen molar-refractivity contribution in [3.8, 4) is 11.6 Å². The molecule has 3 rings (SSSR count). The van der Waals surface area contributed by atoms with Gasteiger partial charge in [-0.05, 0) is 52.2 Å². The van der Waals surface area contributed by atoms with E-state index in [1.165, 1.54) is 11.1 Å². The monoisotopic (exact) mass is 405 g/mol. The molecule has 0 amide bonds. The van der Waals surface area contributed by atoms with Gasteiger partial charge in [-0.25, -0.2) is 0 Å². The Morgan fingerprint density at radius 3 is 2.44 bits per heavy atom. The first-order valence-corrected chi connectivity index (χ1v) is 9.21. The van der Waals surface area contributed by atoms with Crippen molar-refractivity contribution >= 4 is 21.7 Å². The molecule has 1 aliphatic heterocycles. The van der Waals surface area contributed by atoms with Crippen LogP contribution in [-0.4, -0.2) is 50.3 Å². The first kappa shape index (κ1) is 18.0. The van der Waals surface area contributed by atoms with Crippen molar-refractivity contribution in [1.29, 1.82) is 0 Å². The number of ether oxygens (including phenoxy) is 2. The highest BCUT2D eigenvalue weighted by Crippen LogP contribution is 2.26. The Kier molecular flexibility index (Phi) is 5.81. The van der Waals surface area contributed by atoms with Gasteiger partial charge in [0.25, 0.3) is 0 Å². The number of nitrogens with zero attached hydrogens (tertiary/aromatic N) is 3. The third kappa shape index (κ3) is 4.25. The van der Waals surface area contributed by atoms with Gasteiger partial charge in [0.05, 0.1) is 18.7 Å². The van der Waals surface area contributed by atoms with Crippen LogP contribution in [-0.2, 0) is 6.54 Å². The molecule has 2 heterocycles. The molecule has 1 aliphatic rings. The summed E-state index contributed by atoms with van der Waals surface area (Å²) >= 11 is 3.45. The predicted molar refractivity (Wildman–Crippen MR) is 104 cm³/mol. The Morgan fingerprint density at radius 1 is 1.04 bits per heavy atom. The van der Waals surface area contributed by atoms with Crippen LogP contribution < -0.4 is 14.4 Å². The van der Waals surface area contributed by atoms with E-state index in [0.29, 0.717) is 5.88 Å². The van der Waals surface area contributed by atoms with Gasteiger partial charge in [0.1, 0.15) is 11.6 Å². The molecule has 1 saturated heterocycles. The van der Waals surface area contributed by atoms with E-state index in [2.05, 4.69) is 55.8 Å². The molecule has 0 radical (unpaired) electrons. The van der Waals surface area contributed by atoms with Gasteiger partial charge < -0.3 is 14.4 Å². The van der Waals surface area contributed by atoms with E-state index in [-0.39, 0.29) is 0 Å². The first-order chi connectivity index (χ1) is 12.1. The summed E-state index contributed by atoms with van der Waals surface area (Å²) in [6.07, 6.45) is 0. The molecule has 1 aromatic carbocycles. The Balaban J connectivity index is 1.59. The smallest absolute Gasteiger partial charge is 0.229 e. The lowest BCUT2D eigenvalue weighted by atomic mass is 10.1. The van der Waals surface area contributed by atoms with Gasteiger partial charge >= 0.3 is 0 Å². The normalized spacial score (nSPS) is 15.3. The number of hydrogen-bond acceptors (Lipinski definition) is 5. The SMILES string of the molecule is COc1ccc(CN2CCN(c3ccc(Br)c(OC)n3)CC2)cc1C. The Labute approximate surface area is 157 Å². The van der Waals surface area contributed by atoms with E-state index in [1.54, 1.807) is 14.2 Å². The number of hydrogen-bond donors (Lipinski definition) is 0. The highest BCUT2D eigenvalue weighted by Gasteiger charge is 2.19. The maximum Gasteiger partial charge on any atom is 0.229 e. The van der Waals surface area contributed by atoms with Gasteiger partial charge in [0.15, 0.2) is 0 Å². The standard InChI is InChI=1S/C19H24BrN3O2/c1-14-12-15(4-6-17(14)24-2)13-22-8-10-23(11-9-22)18-7-5-16(20)19(21-18)25-3/h4-7,12H,8-11,13H2,1-3H3. The van der Waals surface area contributed by atoms with Gasteiger partial charge in [-0.2, -0.15) is 4.98 Å². The summed E-state index contributed by atoms with van der Waals surface area (Å²) in [4.78, 5) is 9.37. The molecule has 0 bridgehead atoms. The van der Waals surface area contributed by atoms with Crippen LogP contribution in [0.2, 0.25) is 0 Å². The fourth-order valence-corrected chi connectivity index (χ4v) is 3.55. The number of halogens is 1. The lowest BCUT2D eigenvalue weighted by Gasteiger charge is -2.35. The molecular weight excluding hydrogens is 382 g/mol. The molecule has 6 heteroatoms. The van der Waals surface area contributed by atoms with Crippen molar-refractivity contribution in [1.82, 2.24) is 9.88 Å². The summed E-state index contributed by atoms with van der Waals surface area (Å²) in [7, 11) is 3.36. The molecule has 0 atom stereocenters. The second-order valence-electron chi connectivity index (χ2n) is 6.23. The van der Waals surface area contributed by atoms with Crippen LogP contribution in [0.4, 0.5) is 5.82 Å². The van der Waals surface area contributed by atoms with E-state index in [9.17, 15) is 0 Å². The molecule has 1 fully saturated rings. The minimum absolute atomic E-state index is 0.633. The molecule has 0 aliphatic carbocycles. The summed E-state index contributed by atoms with van der Waals surface area (Å²) in [6, 6.07) is 10.5. The lowest BCUT2D eigenvalue weighted by molar-refractivity contribution is 0.249. The van der Waals surface area contributed by atoms with Gasteiger partial charge in [-0.3, -0.25) is 4.90 Å². The zero-order chi connectivity index (χ0) is 17.8. The summed E-state index contributed by atoms with van der Waals surface area (Å²) in [6.45, 7) is 7.03. The van der Waals surface area contributed by atoms with Gasteiger partial charge in [0, 0.05) is 32.7 Å². The number of methoxy groups -OCH3 is 2. The Bertz CT molecular complexity index is 731. The van der Waals surface area contributed by atoms with Crippen molar-refractivity contribution < 1.29 is 9.47 Å². The molecule has 0 unspecified atom stereocenters. The van der Waals surface area contributed by atoms with E-state index < -0.39 is 0 Å². The van der Waals surface area contributed by atoms with Crippen LogP contribution in [0.1, 0.15) is 11.1 Å². The van der Waals surface area contributed by atoms with E-state index in [1.807, 2.05) is 12.1 Å². The van der Waals surface area contributed by atoms with E-state index in [0.717, 1.165) is 48.8 Å². The Hall–Kier alpha value is -1.79. The highest BCUT2D eigenvalue weighted by atomic mass is 79.9. The summed E-state index contributed by atoms with van der Waals surface area (Å²) in [5, 5.41) is 0. The van der Waals surface area contributed by atoms with Crippen LogP contribution in [0.15, 0.2) is 34.8 Å². The Morgan fingerprint density at radius 2 is 1.80 bits per heavy atom. The highest BCUT2D eigenvalue weighted by molar-refractivity contribution is 9.10. The van der Waals surface area contributed by atoms with Crippen molar-refractivity contribution in [3.63, 3.8) is 0 Å². The van der Waals surface area contributed by atoms with E-state index >= 15 is 0 Å². The maximum atomic E-state index is 5.34. The number of pyridine rings is 1. The van der Waals surface area contributed by atoms with E-state index in [4.69, 9.17) is 9.47 Å². The molecule has 134 valence electrons. The lowest BCUT2D eigenvalue weighted by Crippen LogP contribution is -2.46. The third-order valence-electron chi connectivity index (χ3n) is 4.55. The van der Waals surface area contributed by atoms with Crippen molar-refractivity contribution in [2.75, 3.05) is 45.3 Å². The summed E-state index contributed by atoms with van der Waals surface area (Å²) in [5.41, 5.74) is 2.51. The van der Waals surface area contributed by atoms with Crippen LogP contribution in [0.3, 0.4) is 0 Å². The van der Waals surface area contributed by atoms with Crippen LogP contribution >= 0.6 is 15.9 Å². The first-order valence-electron chi connectivity index (χ1n) is 8.42. The van der Waals surface area contributed by atoms with Crippen molar-refractivity contribution in [3.05, 3.63) is 45.9 Å². The van der Waals surface area contributed by atoms with Crippen LogP contribution in [0, 0.1) is 6.92 Å². The largest absolute Gasteiger partial charge is 0.496 e. The van der Waals surface area contributed by atoms with Crippen molar-refractivity contribution in [2.45, 2.75) is 13.5 Å². The fourth-order valence-electron chi connectivity index (χ4n) is 3.17. The second-order valence-corrected chi connectivity index (χ2v) is 7.08. The van der Waals surface area contributed by atoms with Gasteiger partial charge in [-0.1, -0.05) is 12.1 Å². The predicted octanol–water partition coefficient (Wildman–Crippen LogP) is 3.49. The number of aromatic nitrogens is 1. The topological polar surface area (TPSA) is 37.8 Å². The second kappa shape index (κ2) is 8.06. The quantitative estimate of drug-likeness (QED) is 0.760. The van der Waals surface area contributed by atoms with Crippen LogP contribution in [0.25, 0.3) is 0 Å². The van der Waals surface area contributed by atoms with Crippen LogP contribution in [0.5, 0.6) is 11.6 Å². The minimum atomic E-state index is 0.633. The summed E-state index contributed by atoms with van der Waals surface area (Å²) < 4.78 is 11.5. The molecular formula is C19H24BrN3O2. The minimum Gasteiger partial charge on any atom is -0.496 e. The number of aryl methyl sites for hydroxylation is 1. The van der Waals surface area contributed by atoms with Gasteiger partial charge in [0.2, 0.25) is 5.88 Å². The number of anilines is 1. The number of rotatable bonds is 5. The molecule has 0 saturated carbocycles. The molecule has 1 aromatic heterocycles. The number of benzene rings is 1. The molecule has 0 N–H and O–H groups in total. The van der Waals surface area contributed by atoms with Crippen molar-refractivity contribution in [2.24, 2.45) is 0 Å². The van der Waals surface area contributed by atoms with Gasteiger partial charge in [-0.15, -0.1) is 0 Å². The molecule has 25 heavy (non-hydrogen) atoms. The average molecular weight is 406 g/mol. The zero-order valence-corrected chi connectivity index (χ0v) is 16.5.